The van der Waals surface area contributed by atoms with Gasteiger partial charge in [-0.15, -0.1) is 35.3 Å². The zero-order chi connectivity index (χ0) is 17.2. The summed E-state index contributed by atoms with van der Waals surface area (Å²) in [5.41, 5.74) is 1.17. The summed E-state index contributed by atoms with van der Waals surface area (Å²) in [5.74, 6) is 1.31. The number of thiazole rings is 1. The first-order valence-corrected chi connectivity index (χ1v) is 10.1. The van der Waals surface area contributed by atoms with Gasteiger partial charge in [-0.3, -0.25) is 4.99 Å². The molecule has 0 atom stereocenters. The van der Waals surface area contributed by atoms with Crippen LogP contribution < -0.4 is 10.6 Å². The molecule has 1 fully saturated rings. The number of hydrogen-bond acceptors (Lipinski definition) is 4. The second-order valence-electron chi connectivity index (χ2n) is 6.66. The molecule has 0 bridgehead atoms. The van der Waals surface area contributed by atoms with E-state index < -0.39 is 0 Å². The topological polar surface area (TPSA) is 58.5 Å². The van der Waals surface area contributed by atoms with Gasteiger partial charge in [-0.1, -0.05) is 33.1 Å². The molecule has 2 rings (SSSR count). The average Bonchev–Trinajstić information content (AvgIpc) is 3.07. The van der Waals surface area contributed by atoms with Crippen LogP contribution >= 0.6 is 35.3 Å². The third-order valence-corrected chi connectivity index (χ3v) is 5.18. The first kappa shape index (κ1) is 22.6. The van der Waals surface area contributed by atoms with Gasteiger partial charge < -0.3 is 15.4 Å². The van der Waals surface area contributed by atoms with Crippen molar-refractivity contribution in [2.24, 2.45) is 4.99 Å². The smallest absolute Gasteiger partial charge is 0.191 e. The van der Waals surface area contributed by atoms with Crippen LogP contribution in [0.2, 0.25) is 0 Å². The van der Waals surface area contributed by atoms with Crippen LogP contribution in [0.5, 0.6) is 0 Å². The van der Waals surface area contributed by atoms with Gasteiger partial charge in [-0.25, -0.2) is 4.98 Å². The summed E-state index contributed by atoms with van der Waals surface area (Å²) in [5, 5.41) is 9.91. The molecule has 0 radical (unpaired) electrons. The Labute approximate surface area is 173 Å². The van der Waals surface area contributed by atoms with Crippen LogP contribution in [-0.2, 0) is 11.3 Å². The van der Waals surface area contributed by atoms with Crippen molar-refractivity contribution in [3.63, 3.8) is 0 Å². The lowest BCUT2D eigenvalue weighted by Gasteiger charge is -2.22. The Balaban J connectivity index is 0.00000312. The maximum Gasteiger partial charge on any atom is 0.191 e. The maximum absolute atomic E-state index is 5.94. The molecule has 2 N–H and O–H groups in total. The molecule has 0 spiro atoms. The lowest BCUT2D eigenvalue weighted by Crippen LogP contribution is -2.37. The number of ether oxygens (including phenoxy) is 1. The van der Waals surface area contributed by atoms with Crippen molar-refractivity contribution in [2.45, 2.75) is 70.9 Å². The molecule has 1 aliphatic rings. The molecule has 1 heterocycles. The van der Waals surface area contributed by atoms with Gasteiger partial charge in [0.15, 0.2) is 5.96 Å². The van der Waals surface area contributed by atoms with Crippen molar-refractivity contribution in [1.82, 2.24) is 15.6 Å². The van der Waals surface area contributed by atoms with E-state index in [1.54, 1.807) is 18.4 Å². The standard InChI is InChI=1S/C18H32N4OS.HI/c1-14(2)16-13-24-17(22-16)12-21-18(19-3)20-10-7-11-23-15-8-5-4-6-9-15;/h13-15H,4-12H2,1-3H3,(H2,19,20,21);1H. The van der Waals surface area contributed by atoms with Crippen LogP contribution in [0.25, 0.3) is 0 Å². The molecular formula is C18H33IN4OS. The van der Waals surface area contributed by atoms with Crippen LogP contribution in [0.4, 0.5) is 0 Å². The number of guanidine groups is 1. The zero-order valence-electron chi connectivity index (χ0n) is 15.7. The van der Waals surface area contributed by atoms with E-state index in [1.807, 2.05) is 0 Å². The van der Waals surface area contributed by atoms with Crippen molar-refractivity contribution in [3.05, 3.63) is 16.1 Å². The normalized spacial score (nSPS) is 15.9. The molecule has 5 nitrogen and oxygen atoms in total. The number of nitrogens with zero attached hydrogens (tertiary/aromatic N) is 2. The number of rotatable bonds is 8. The summed E-state index contributed by atoms with van der Waals surface area (Å²) < 4.78 is 5.94. The van der Waals surface area contributed by atoms with Gasteiger partial charge >= 0.3 is 0 Å². The second-order valence-corrected chi connectivity index (χ2v) is 7.60. The molecule has 25 heavy (non-hydrogen) atoms. The van der Waals surface area contributed by atoms with Gasteiger partial charge in [0.05, 0.1) is 18.3 Å². The highest BCUT2D eigenvalue weighted by Gasteiger charge is 2.13. The number of hydrogen-bond donors (Lipinski definition) is 2. The van der Waals surface area contributed by atoms with E-state index in [0.29, 0.717) is 12.0 Å². The van der Waals surface area contributed by atoms with E-state index in [1.165, 1.54) is 37.8 Å². The first-order chi connectivity index (χ1) is 11.7. The third-order valence-electron chi connectivity index (χ3n) is 4.31. The van der Waals surface area contributed by atoms with E-state index in [4.69, 9.17) is 4.74 Å². The molecule has 0 unspecified atom stereocenters. The molecule has 1 aromatic heterocycles. The number of aromatic nitrogens is 1. The van der Waals surface area contributed by atoms with Crippen LogP contribution in [0.15, 0.2) is 10.4 Å². The monoisotopic (exact) mass is 480 g/mol. The summed E-state index contributed by atoms with van der Waals surface area (Å²) in [6.07, 6.45) is 8.01. The summed E-state index contributed by atoms with van der Waals surface area (Å²) >= 11 is 1.70. The Bertz CT molecular complexity index is 501. The summed E-state index contributed by atoms with van der Waals surface area (Å²) in [6.45, 7) is 6.76. The molecule has 7 heteroatoms. The van der Waals surface area contributed by atoms with Crippen LogP contribution in [0, 0.1) is 0 Å². The summed E-state index contributed by atoms with van der Waals surface area (Å²) in [4.78, 5) is 8.89. The predicted molar refractivity (Wildman–Crippen MR) is 117 cm³/mol. The Morgan fingerprint density at radius 1 is 1.32 bits per heavy atom. The highest BCUT2D eigenvalue weighted by atomic mass is 127. The van der Waals surface area contributed by atoms with Gasteiger partial charge in [0, 0.05) is 25.6 Å². The van der Waals surface area contributed by atoms with Gasteiger partial charge in [-0.2, -0.15) is 0 Å². The minimum absolute atomic E-state index is 0. The first-order valence-electron chi connectivity index (χ1n) is 9.19. The van der Waals surface area contributed by atoms with Gasteiger partial charge in [0.25, 0.3) is 0 Å². The lowest BCUT2D eigenvalue weighted by atomic mass is 9.98. The minimum atomic E-state index is 0. The fourth-order valence-electron chi connectivity index (χ4n) is 2.81. The largest absolute Gasteiger partial charge is 0.378 e. The molecule has 0 saturated heterocycles. The number of halogens is 1. The molecule has 1 aromatic rings. The fourth-order valence-corrected chi connectivity index (χ4v) is 3.71. The highest BCUT2D eigenvalue weighted by molar-refractivity contribution is 14.0. The molecule has 144 valence electrons. The Kier molecular flexibility index (Phi) is 11.6. The third kappa shape index (κ3) is 8.68. The van der Waals surface area contributed by atoms with E-state index >= 15 is 0 Å². The van der Waals surface area contributed by atoms with E-state index in [9.17, 15) is 0 Å². The molecule has 1 aliphatic carbocycles. The van der Waals surface area contributed by atoms with Crippen LogP contribution in [0.3, 0.4) is 0 Å². The maximum atomic E-state index is 5.94. The summed E-state index contributed by atoms with van der Waals surface area (Å²) in [7, 11) is 1.80. The minimum Gasteiger partial charge on any atom is -0.378 e. The van der Waals surface area contributed by atoms with Crippen LogP contribution in [0.1, 0.15) is 69.0 Å². The van der Waals surface area contributed by atoms with Crippen molar-refractivity contribution < 1.29 is 4.74 Å². The van der Waals surface area contributed by atoms with Crippen molar-refractivity contribution in [2.75, 3.05) is 20.2 Å². The van der Waals surface area contributed by atoms with E-state index in [2.05, 4.69) is 39.8 Å². The highest BCUT2D eigenvalue weighted by Crippen LogP contribution is 2.20. The Morgan fingerprint density at radius 3 is 2.72 bits per heavy atom. The molecule has 1 saturated carbocycles. The average molecular weight is 480 g/mol. The number of aliphatic imine (C=N–C) groups is 1. The molecule has 0 aliphatic heterocycles. The van der Waals surface area contributed by atoms with Crippen LogP contribution in [-0.4, -0.2) is 37.2 Å². The van der Waals surface area contributed by atoms with Crippen molar-refractivity contribution in [3.8, 4) is 0 Å². The lowest BCUT2D eigenvalue weighted by molar-refractivity contribution is 0.0277. The van der Waals surface area contributed by atoms with Gasteiger partial charge in [0.2, 0.25) is 0 Å². The van der Waals surface area contributed by atoms with Crippen molar-refractivity contribution in [1.29, 1.82) is 0 Å². The van der Waals surface area contributed by atoms with Crippen molar-refractivity contribution >= 4 is 41.3 Å². The SMILES string of the molecule is CN=C(NCCCOC1CCCCC1)NCc1nc(C(C)C)cs1.I. The molecular weight excluding hydrogens is 447 g/mol. The Morgan fingerprint density at radius 2 is 2.08 bits per heavy atom. The molecule has 0 amide bonds. The van der Waals surface area contributed by atoms with E-state index in [0.717, 1.165) is 37.1 Å². The van der Waals surface area contributed by atoms with E-state index in [-0.39, 0.29) is 24.0 Å². The quantitative estimate of drug-likeness (QED) is 0.252. The zero-order valence-corrected chi connectivity index (χ0v) is 18.9. The predicted octanol–water partition coefficient (Wildman–Crippen LogP) is 4.29. The molecule has 0 aromatic carbocycles. The fraction of sp³-hybridized carbons (Fsp3) is 0.778. The Hall–Kier alpha value is -0.410. The number of nitrogens with one attached hydrogen (secondary N) is 2. The second kappa shape index (κ2) is 12.9. The summed E-state index contributed by atoms with van der Waals surface area (Å²) in [6, 6.07) is 0. The van der Waals surface area contributed by atoms with Gasteiger partial charge in [0.1, 0.15) is 5.01 Å². The van der Waals surface area contributed by atoms with Gasteiger partial charge in [-0.05, 0) is 25.2 Å².